The van der Waals surface area contributed by atoms with E-state index in [-0.39, 0.29) is 5.41 Å². The number of benzene rings is 2. The first kappa shape index (κ1) is 21.0. The van der Waals surface area contributed by atoms with Gasteiger partial charge in [-0.25, -0.2) is 8.42 Å². The molecule has 0 radical (unpaired) electrons. The van der Waals surface area contributed by atoms with Crippen molar-refractivity contribution in [2.45, 2.75) is 37.1 Å². The molecule has 0 saturated carbocycles. The summed E-state index contributed by atoms with van der Waals surface area (Å²) in [6.07, 6.45) is 3.89. The van der Waals surface area contributed by atoms with Crippen LogP contribution in [0.5, 0.6) is 0 Å². The van der Waals surface area contributed by atoms with Crippen molar-refractivity contribution < 1.29 is 8.42 Å². The average molecular weight is 382 g/mol. The van der Waals surface area contributed by atoms with Crippen LogP contribution in [-0.4, -0.2) is 26.9 Å². The highest BCUT2D eigenvalue weighted by molar-refractivity contribution is 7.91. The first-order chi connectivity index (χ1) is 12.7. The minimum absolute atomic E-state index is 0.000919. The molecule has 4 heteroatoms. The summed E-state index contributed by atoms with van der Waals surface area (Å²) in [5.41, 5.74) is 0.963. The van der Waals surface area contributed by atoms with Crippen molar-refractivity contribution in [1.82, 2.24) is 4.90 Å². The third kappa shape index (κ3) is 6.71. The Hall–Kier alpha value is -2.35. The summed E-state index contributed by atoms with van der Waals surface area (Å²) in [5.74, 6) is 6.22. The minimum atomic E-state index is -3.49. The smallest absolute Gasteiger partial charge is 0.206 e. The SMILES string of the molecule is CN(C/C=C/C#CC(C)(C)C)Cc1cccc(S(=O)(=O)c2ccccc2)c1. The van der Waals surface area contributed by atoms with Gasteiger partial charge in [0.15, 0.2) is 0 Å². The van der Waals surface area contributed by atoms with Gasteiger partial charge in [0, 0.05) is 18.5 Å². The van der Waals surface area contributed by atoms with Gasteiger partial charge in [0.05, 0.1) is 9.79 Å². The highest BCUT2D eigenvalue weighted by atomic mass is 32.2. The molecule has 0 atom stereocenters. The lowest BCUT2D eigenvalue weighted by Gasteiger charge is -2.15. The van der Waals surface area contributed by atoms with E-state index in [0.29, 0.717) is 16.3 Å². The molecule has 0 bridgehead atoms. The number of rotatable bonds is 6. The molecule has 27 heavy (non-hydrogen) atoms. The van der Waals surface area contributed by atoms with Gasteiger partial charge in [0.2, 0.25) is 9.84 Å². The van der Waals surface area contributed by atoms with E-state index < -0.39 is 9.84 Å². The lowest BCUT2D eigenvalue weighted by Crippen LogP contribution is -2.17. The molecule has 0 fully saturated rings. The number of sulfone groups is 1. The highest BCUT2D eigenvalue weighted by Gasteiger charge is 2.17. The summed E-state index contributed by atoms with van der Waals surface area (Å²) < 4.78 is 25.5. The monoisotopic (exact) mass is 381 g/mol. The molecule has 2 aromatic carbocycles. The normalized spacial score (nSPS) is 12.2. The molecule has 0 heterocycles. The Kier molecular flexibility index (Phi) is 7.01. The lowest BCUT2D eigenvalue weighted by atomic mass is 9.98. The van der Waals surface area contributed by atoms with Crippen LogP contribution in [0.2, 0.25) is 0 Å². The fourth-order valence-electron chi connectivity index (χ4n) is 2.47. The molecule has 0 spiro atoms. The molecule has 0 unspecified atom stereocenters. The summed E-state index contributed by atoms with van der Waals surface area (Å²) in [4.78, 5) is 2.76. The molecule has 0 aromatic heterocycles. The van der Waals surface area contributed by atoms with Crippen molar-refractivity contribution in [1.29, 1.82) is 0 Å². The zero-order valence-corrected chi connectivity index (χ0v) is 17.3. The van der Waals surface area contributed by atoms with Crippen molar-refractivity contribution in [2.75, 3.05) is 13.6 Å². The van der Waals surface area contributed by atoms with Crippen molar-refractivity contribution in [2.24, 2.45) is 5.41 Å². The summed E-state index contributed by atoms with van der Waals surface area (Å²) in [6, 6.07) is 15.7. The first-order valence-electron chi connectivity index (χ1n) is 8.94. The van der Waals surface area contributed by atoms with Gasteiger partial charge in [-0.2, -0.15) is 0 Å². The van der Waals surface area contributed by atoms with Crippen molar-refractivity contribution in [3.05, 3.63) is 72.3 Å². The molecule has 0 N–H and O–H groups in total. The number of nitrogens with zero attached hydrogens (tertiary/aromatic N) is 1. The van der Waals surface area contributed by atoms with Crippen LogP contribution >= 0.6 is 0 Å². The second-order valence-electron chi connectivity index (χ2n) is 7.58. The van der Waals surface area contributed by atoms with E-state index in [4.69, 9.17) is 0 Å². The number of hydrogen-bond donors (Lipinski definition) is 0. The van der Waals surface area contributed by atoms with E-state index >= 15 is 0 Å². The largest absolute Gasteiger partial charge is 0.298 e. The quantitative estimate of drug-likeness (QED) is 0.689. The molecular formula is C23H27NO2S. The van der Waals surface area contributed by atoms with Crippen LogP contribution in [0.15, 0.2) is 76.5 Å². The van der Waals surface area contributed by atoms with Crippen LogP contribution in [0.4, 0.5) is 0 Å². The zero-order valence-electron chi connectivity index (χ0n) is 16.4. The van der Waals surface area contributed by atoms with Gasteiger partial charge in [-0.05, 0) is 63.7 Å². The second-order valence-corrected chi connectivity index (χ2v) is 9.53. The summed E-state index contributed by atoms with van der Waals surface area (Å²) in [7, 11) is -1.49. The Bertz CT molecular complexity index is 943. The Morgan fingerprint density at radius 2 is 1.67 bits per heavy atom. The maximum absolute atomic E-state index is 12.8. The average Bonchev–Trinajstić information content (AvgIpc) is 2.61. The minimum Gasteiger partial charge on any atom is -0.298 e. The molecule has 0 aliphatic heterocycles. The van der Waals surface area contributed by atoms with Crippen molar-refractivity contribution in [3.63, 3.8) is 0 Å². The van der Waals surface area contributed by atoms with Crippen LogP contribution in [0.25, 0.3) is 0 Å². The number of likely N-dealkylation sites (N-methyl/N-ethyl adjacent to an activating group) is 1. The summed E-state index contributed by atoms with van der Waals surface area (Å²) in [6.45, 7) is 7.65. The first-order valence-corrected chi connectivity index (χ1v) is 10.4. The predicted octanol–water partition coefficient (Wildman–Crippen LogP) is 4.56. The van der Waals surface area contributed by atoms with Gasteiger partial charge < -0.3 is 0 Å². The third-order valence-corrected chi connectivity index (χ3v) is 5.55. The molecule has 3 nitrogen and oxygen atoms in total. The topological polar surface area (TPSA) is 37.4 Å². The summed E-state index contributed by atoms with van der Waals surface area (Å²) >= 11 is 0. The molecule has 0 amide bonds. The predicted molar refractivity (Wildman–Crippen MR) is 111 cm³/mol. The lowest BCUT2D eigenvalue weighted by molar-refractivity contribution is 0.363. The third-order valence-electron chi connectivity index (χ3n) is 3.78. The van der Waals surface area contributed by atoms with E-state index in [2.05, 4.69) is 37.5 Å². The van der Waals surface area contributed by atoms with Crippen LogP contribution in [0.3, 0.4) is 0 Å². The van der Waals surface area contributed by atoms with Gasteiger partial charge in [-0.1, -0.05) is 48.2 Å². The Morgan fingerprint density at radius 3 is 2.33 bits per heavy atom. The van der Waals surface area contributed by atoms with Gasteiger partial charge in [-0.15, -0.1) is 0 Å². The van der Waals surface area contributed by atoms with Gasteiger partial charge in [-0.3, -0.25) is 4.90 Å². The zero-order chi connectivity index (χ0) is 19.9. The van der Waals surface area contributed by atoms with Gasteiger partial charge >= 0.3 is 0 Å². The van der Waals surface area contributed by atoms with Crippen LogP contribution in [0, 0.1) is 17.3 Å². The van der Waals surface area contributed by atoms with E-state index in [1.54, 1.807) is 42.5 Å². The Morgan fingerprint density at radius 1 is 1.00 bits per heavy atom. The molecule has 142 valence electrons. The number of allylic oxidation sites excluding steroid dienone is 1. The Balaban J connectivity index is 2.05. The van der Waals surface area contributed by atoms with E-state index in [1.807, 2.05) is 31.3 Å². The number of hydrogen-bond acceptors (Lipinski definition) is 3. The fraction of sp³-hybridized carbons (Fsp3) is 0.304. The van der Waals surface area contributed by atoms with Crippen molar-refractivity contribution in [3.8, 4) is 11.8 Å². The molecular weight excluding hydrogens is 354 g/mol. The van der Waals surface area contributed by atoms with Crippen LogP contribution in [-0.2, 0) is 16.4 Å². The van der Waals surface area contributed by atoms with Crippen LogP contribution in [0.1, 0.15) is 26.3 Å². The van der Waals surface area contributed by atoms with Gasteiger partial charge in [0.25, 0.3) is 0 Å². The van der Waals surface area contributed by atoms with E-state index in [0.717, 1.165) is 12.1 Å². The summed E-state index contributed by atoms with van der Waals surface area (Å²) in [5, 5.41) is 0. The van der Waals surface area contributed by atoms with E-state index in [1.165, 1.54) is 0 Å². The van der Waals surface area contributed by atoms with E-state index in [9.17, 15) is 8.42 Å². The molecule has 0 saturated heterocycles. The maximum atomic E-state index is 12.8. The fourth-order valence-corrected chi connectivity index (χ4v) is 3.82. The Labute approximate surface area is 163 Å². The van der Waals surface area contributed by atoms with Gasteiger partial charge in [0.1, 0.15) is 0 Å². The molecule has 0 aliphatic rings. The molecule has 2 aromatic rings. The maximum Gasteiger partial charge on any atom is 0.206 e. The van der Waals surface area contributed by atoms with Crippen LogP contribution < -0.4 is 0 Å². The highest BCUT2D eigenvalue weighted by Crippen LogP contribution is 2.21. The standard InChI is InChI=1S/C23H27NO2S/c1-23(2,3)16-9-6-10-17-24(4)19-20-12-11-15-22(18-20)27(25,26)21-13-7-5-8-14-21/h5-8,10-15,18H,17,19H2,1-4H3/b10-6+. The van der Waals surface area contributed by atoms with Crippen molar-refractivity contribution >= 4 is 9.84 Å². The molecule has 0 aliphatic carbocycles. The second kappa shape index (κ2) is 9.03. The molecule has 2 rings (SSSR count).